The van der Waals surface area contributed by atoms with Gasteiger partial charge in [-0.05, 0) is 43.9 Å². The van der Waals surface area contributed by atoms with E-state index in [1.165, 1.54) is 5.56 Å². The first-order chi connectivity index (χ1) is 11.5. The smallest absolute Gasteiger partial charge is 0.207 e. The van der Waals surface area contributed by atoms with E-state index in [9.17, 15) is 8.42 Å². The molecule has 4 heteroatoms. The van der Waals surface area contributed by atoms with Crippen LogP contribution in [-0.4, -0.2) is 19.3 Å². The van der Waals surface area contributed by atoms with Crippen LogP contribution in [0.25, 0.3) is 0 Å². The lowest BCUT2D eigenvalue weighted by molar-refractivity contribution is 0.328. The summed E-state index contributed by atoms with van der Waals surface area (Å²) >= 11 is 0. The zero-order valence-electron chi connectivity index (χ0n) is 14.4. The van der Waals surface area contributed by atoms with E-state index in [-0.39, 0.29) is 6.04 Å². The Morgan fingerprint density at radius 1 is 0.917 bits per heavy atom. The first-order valence-electron chi connectivity index (χ1n) is 8.64. The summed E-state index contributed by atoms with van der Waals surface area (Å²) in [6.45, 7) is 4.51. The molecule has 0 unspecified atom stereocenters. The maximum Gasteiger partial charge on any atom is 0.243 e. The van der Waals surface area contributed by atoms with E-state index in [0.29, 0.717) is 11.4 Å². The Morgan fingerprint density at radius 3 is 2.33 bits per heavy atom. The van der Waals surface area contributed by atoms with Crippen LogP contribution >= 0.6 is 0 Å². The SMILES string of the molecule is Cc1ccc([C@@H]2CCCCCN2S(=O)(=O)c2ccccc2C)cc1. The third-order valence-electron chi connectivity index (χ3n) is 4.85. The fourth-order valence-corrected chi connectivity index (χ4v) is 5.37. The zero-order valence-corrected chi connectivity index (χ0v) is 15.2. The summed E-state index contributed by atoms with van der Waals surface area (Å²) < 4.78 is 28.4. The van der Waals surface area contributed by atoms with Crippen LogP contribution in [0, 0.1) is 13.8 Å². The minimum absolute atomic E-state index is 0.0716. The van der Waals surface area contributed by atoms with E-state index in [1.54, 1.807) is 16.4 Å². The molecular formula is C20H25NO2S. The molecular weight excluding hydrogens is 318 g/mol. The molecule has 0 aromatic heterocycles. The quantitative estimate of drug-likeness (QED) is 0.816. The summed E-state index contributed by atoms with van der Waals surface area (Å²) in [7, 11) is -3.49. The molecule has 0 N–H and O–H groups in total. The maximum atomic E-state index is 13.3. The lowest BCUT2D eigenvalue weighted by atomic mass is 10.0. The molecule has 2 aromatic rings. The van der Waals surface area contributed by atoms with Gasteiger partial charge in [0.2, 0.25) is 10.0 Å². The molecule has 0 saturated carbocycles. The minimum atomic E-state index is -3.49. The molecule has 1 aliphatic heterocycles. The van der Waals surface area contributed by atoms with Crippen LogP contribution in [0.15, 0.2) is 53.4 Å². The second-order valence-electron chi connectivity index (χ2n) is 6.66. The van der Waals surface area contributed by atoms with Crippen molar-refractivity contribution in [3.8, 4) is 0 Å². The predicted molar refractivity (Wildman–Crippen MR) is 97.5 cm³/mol. The Kier molecular flexibility index (Phi) is 5.07. The fourth-order valence-electron chi connectivity index (χ4n) is 3.46. The molecule has 24 heavy (non-hydrogen) atoms. The second kappa shape index (κ2) is 7.08. The number of aryl methyl sites for hydroxylation is 2. The molecule has 0 spiro atoms. The molecule has 2 aromatic carbocycles. The Balaban J connectivity index is 2.04. The summed E-state index contributed by atoms with van der Waals surface area (Å²) in [5.41, 5.74) is 3.10. The van der Waals surface area contributed by atoms with E-state index in [1.807, 2.05) is 19.1 Å². The van der Waals surface area contributed by atoms with Gasteiger partial charge in [0.15, 0.2) is 0 Å². The summed E-state index contributed by atoms with van der Waals surface area (Å²) in [6, 6.07) is 15.5. The summed E-state index contributed by atoms with van der Waals surface area (Å²) in [5, 5.41) is 0. The zero-order chi connectivity index (χ0) is 17.2. The van der Waals surface area contributed by atoms with Crippen LogP contribution in [0.2, 0.25) is 0 Å². The van der Waals surface area contributed by atoms with Crippen molar-refractivity contribution in [2.75, 3.05) is 6.54 Å². The topological polar surface area (TPSA) is 37.4 Å². The van der Waals surface area contributed by atoms with E-state index in [0.717, 1.165) is 36.8 Å². The Morgan fingerprint density at radius 2 is 1.62 bits per heavy atom. The maximum absolute atomic E-state index is 13.3. The van der Waals surface area contributed by atoms with E-state index in [4.69, 9.17) is 0 Å². The Hall–Kier alpha value is -1.65. The lowest BCUT2D eigenvalue weighted by Crippen LogP contribution is -2.35. The molecule has 0 aliphatic carbocycles. The third kappa shape index (κ3) is 3.40. The highest BCUT2D eigenvalue weighted by Gasteiger charge is 2.33. The van der Waals surface area contributed by atoms with Crippen molar-refractivity contribution >= 4 is 10.0 Å². The molecule has 0 radical (unpaired) electrons. The molecule has 1 saturated heterocycles. The van der Waals surface area contributed by atoms with Gasteiger partial charge in [-0.15, -0.1) is 0 Å². The van der Waals surface area contributed by atoms with Crippen LogP contribution in [0.5, 0.6) is 0 Å². The number of rotatable bonds is 3. The van der Waals surface area contributed by atoms with Crippen LogP contribution in [0.1, 0.15) is 48.4 Å². The number of sulfonamides is 1. The van der Waals surface area contributed by atoms with Crippen LogP contribution in [0.3, 0.4) is 0 Å². The van der Waals surface area contributed by atoms with Crippen LogP contribution in [-0.2, 0) is 10.0 Å². The van der Waals surface area contributed by atoms with E-state index < -0.39 is 10.0 Å². The Bertz CT molecular complexity index is 797. The first kappa shape index (κ1) is 17.2. The molecule has 1 heterocycles. The van der Waals surface area contributed by atoms with Crippen molar-refractivity contribution in [3.63, 3.8) is 0 Å². The van der Waals surface area contributed by atoms with Gasteiger partial charge < -0.3 is 0 Å². The van der Waals surface area contributed by atoms with Crippen molar-refractivity contribution < 1.29 is 8.42 Å². The van der Waals surface area contributed by atoms with Gasteiger partial charge in [0.05, 0.1) is 10.9 Å². The molecule has 1 fully saturated rings. The van der Waals surface area contributed by atoms with Crippen LogP contribution in [0.4, 0.5) is 0 Å². The van der Waals surface area contributed by atoms with Gasteiger partial charge in [0.25, 0.3) is 0 Å². The van der Waals surface area contributed by atoms with Gasteiger partial charge in [-0.1, -0.05) is 60.9 Å². The lowest BCUT2D eigenvalue weighted by Gasteiger charge is -2.30. The summed E-state index contributed by atoms with van der Waals surface area (Å²) in [5.74, 6) is 0. The van der Waals surface area contributed by atoms with Gasteiger partial charge in [0, 0.05) is 6.54 Å². The minimum Gasteiger partial charge on any atom is -0.207 e. The van der Waals surface area contributed by atoms with Crippen LogP contribution < -0.4 is 0 Å². The average Bonchev–Trinajstić information content (AvgIpc) is 2.82. The van der Waals surface area contributed by atoms with Gasteiger partial charge in [-0.25, -0.2) is 8.42 Å². The van der Waals surface area contributed by atoms with Crippen molar-refractivity contribution in [2.45, 2.75) is 50.5 Å². The normalized spacial score (nSPS) is 19.8. The number of nitrogens with zero attached hydrogens (tertiary/aromatic N) is 1. The van der Waals surface area contributed by atoms with E-state index in [2.05, 4.69) is 31.2 Å². The average molecular weight is 343 g/mol. The van der Waals surface area contributed by atoms with E-state index >= 15 is 0 Å². The van der Waals surface area contributed by atoms with Crippen molar-refractivity contribution in [2.24, 2.45) is 0 Å². The Labute approximate surface area is 145 Å². The van der Waals surface area contributed by atoms with Crippen molar-refractivity contribution in [1.29, 1.82) is 0 Å². The standard InChI is InChI=1S/C20H25NO2S/c1-16-11-13-18(14-12-16)19-9-4-3-7-15-21(19)24(22,23)20-10-6-5-8-17(20)2/h5-6,8,10-14,19H,3-4,7,9,15H2,1-2H3/t19-/m0/s1. The highest BCUT2D eigenvalue weighted by molar-refractivity contribution is 7.89. The molecule has 3 rings (SSSR count). The highest BCUT2D eigenvalue weighted by Crippen LogP contribution is 2.35. The predicted octanol–water partition coefficient (Wildman–Crippen LogP) is 4.61. The first-order valence-corrected chi connectivity index (χ1v) is 10.1. The fraction of sp³-hybridized carbons (Fsp3) is 0.400. The molecule has 1 aliphatic rings. The van der Waals surface area contributed by atoms with Crippen molar-refractivity contribution in [1.82, 2.24) is 4.31 Å². The largest absolute Gasteiger partial charge is 0.243 e. The van der Waals surface area contributed by atoms with Gasteiger partial charge in [0.1, 0.15) is 0 Å². The molecule has 1 atom stereocenters. The number of hydrogen-bond acceptors (Lipinski definition) is 2. The number of hydrogen-bond donors (Lipinski definition) is 0. The second-order valence-corrected chi connectivity index (χ2v) is 8.52. The molecule has 128 valence electrons. The highest BCUT2D eigenvalue weighted by atomic mass is 32.2. The van der Waals surface area contributed by atoms with Gasteiger partial charge >= 0.3 is 0 Å². The molecule has 0 amide bonds. The summed E-state index contributed by atoms with van der Waals surface area (Å²) in [6.07, 6.45) is 3.96. The summed E-state index contributed by atoms with van der Waals surface area (Å²) in [4.78, 5) is 0.434. The monoisotopic (exact) mass is 343 g/mol. The van der Waals surface area contributed by atoms with Crippen molar-refractivity contribution in [3.05, 3.63) is 65.2 Å². The number of benzene rings is 2. The molecule has 3 nitrogen and oxygen atoms in total. The van der Waals surface area contributed by atoms with Gasteiger partial charge in [-0.3, -0.25) is 0 Å². The molecule has 0 bridgehead atoms. The third-order valence-corrected chi connectivity index (χ3v) is 6.91. The van der Waals surface area contributed by atoms with Gasteiger partial charge in [-0.2, -0.15) is 4.31 Å².